The number of carbonyl (C=O) groups excluding carboxylic acids is 1. The second-order valence-electron chi connectivity index (χ2n) is 7.73. The minimum Gasteiger partial charge on any atom is -0.494 e. The van der Waals surface area contributed by atoms with E-state index in [1.165, 1.54) is 0 Å². The highest BCUT2D eigenvalue weighted by Gasteiger charge is 2.20. The van der Waals surface area contributed by atoms with Crippen LogP contribution in [0.15, 0.2) is 47.0 Å². The molecular formula is C24H28N4O4. The van der Waals surface area contributed by atoms with Crippen LogP contribution >= 0.6 is 0 Å². The van der Waals surface area contributed by atoms with E-state index in [0.29, 0.717) is 56.7 Å². The SMILES string of the molecule is CCOc1ccc(-c2noc(CN(C)c3ccc(C(=O)N4CCOCC4)cc3C)n2)cc1. The average molecular weight is 437 g/mol. The van der Waals surface area contributed by atoms with Crippen LogP contribution in [0.4, 0.5) is 5.69 Å². The van der Waals surface area contributed by atoms with Crippen LogP contribution in [0, 0.1) is 6.92 Å². The van der Waals surface area contributed by atoms with E-state index in [-0.39, 0.29) is 5.91 Å². The summed E-state index contributed by atoms with van der Waals surface area (Å²) in [5.74, 6) is 1.91. The Morgan fingerprint density at radius 1 is 1.16 bits per heavy atom. The van der Waals surface area contributed by atoms with E-state index in [1.807, 2.05) is 73.2 Å². The standard InChI is InChI=1S/C24H28N4O4/c1-4-31-20-8-5-18(6-9-20)23-25-22(32-26-23)16-27(3)21-10-7-19(15-17(21)2)24(29)28-11-13-30-14-12-28/h5-10,15H,4,11-14,16H2,1-3H3. The lowest BCUT2D eigenvalue weighted by molar-refractivity contribution is 0.0303. The number of rotatable bonds is 7. The number of nitrogens with zero attached hydrogens (tertiary/aromatic N) is 4. The first-order chi connectivity index (χ1) is 15.5. The second-order valence-corrected chi connectivity index (χ2v) is 7.73. The highest BCUT2D eigenvalue weighted by Crippen LogP contribution is 2.24. The summed E-state index contributed by atoms with van der Waals surface area (Å²) in [6.45, 7) is 7.49. The van der Waals surface area contributed by atoms with E-state index >= 15 is 0 Å². The van der Waals surface area contributed by atoms with Gasteiger partial charge in [-0.05, 0) is 61.9 Å². The van der Waals surface area contributed by atoms with Gasteiger partial charge in [0.1, 0.15) is 5.75 Å². The molecule has 168 valence electrons. The molecule has 0 bridgehead atoms. The Labute approximate surface area is 187 Å². The van der Waals surface area contributed by atoms with Crippen molar-refractivity contribution in [3.63, 3.8) is 0 Å². The van der Waals surface area contributed by atoms with Crippen molar-refractivity contribution in [2.24, 2.45) is 0 Å². The second kappa shape index (κ2) is 9.82. The fourth-order valence-corrected chi connectivity index (χ4v) is 3.76. The Kier molecular flexibility index (Phi) is 6.70. The van der Waals surface area contributed by atoms with Gasteiger partial charge in [-0.1, -0.05) is 5.16 Å². The predicted molar refractivity (Wildman–Crippen MR) is 121 cm³/mol. The van der Waals surface area contributed by atoms with Gasteiger partial charge in [-0.15, -0.1) is 0 Å². The van der Waals surface area contributed by atoms with Crippen molar-refractivity contribution in [2.75, 3.05) is 44.9 Å². The molecule has 3 aromatic rings. The van der Waals surface area contributed by atoms with Gasteiger partial charge in [-0.3, -0.25) is 4.79 Å². The van der Waals surface area contributed by atoms with Gasteiger partial charge >= 0.3 is 0 Å². The van der Waals surface area contributed by atoms with Crippen LogP contribution in [0.2, 0.25) is 0 Å². The maximum Gasteiger partial charge on any atom is 0.254 e. The maximum absolute atomic E-state index is 12.7. The number of aromatic nitrogens is 2. The number of hydrogen-bond acceptors (Lipinski definition) is 7. The largest absolute Gasteiger partial charge is 0.494 e. The number of morpholine rings is 1. The molecule has 0 unspecified atom stereocenters. The highest BCUT2D eigenvalue weighted by molar-refractivity contribution is 5.95. The molecule has 32 heavy (non-hydrogen) atoms. The zero-order valence-corrected chi connectivity index (χ0v) is 18.7. The Hall–Kier alpha value is -3.39. The Morgan fingerprint density at radius 2 is 1.91 bits per heavy atom. The molecule has 0 atom stereocenters. The Balaban J connectivity index is 1.42. The number of aryl methyl sites for hydroxylation is 1. The van der Waals surface area contributed by atoms with E-state index in [0.717, 1.165) is 22.6 Å². The van der Waals surface area contributed by atoms with Crippen LogP contribution in [0.3, 0.4) is 0 Å². The quantitative estimate of drug-likeness (QED) is 0.560. The molecule has 4 rings (SSSR count). The predicted octanol–water partition coefficient (Wildman–Crippen LogP) is 3.55. The fraction of sp³-hybridized carbons (Fsp3) is 0.375. The first kappa shape index (κ1) is 21.8. The van der Waals surface area contributed by atoms with Crippen LogP contribution in [-0.4, -0.2) is 60.9 Å². The zero-order chi connectivity index (χ0) is 22.5. The topological polar surface area (TPSA) is 80.9 Å². The van der Waals surface area contributed by atoms with Crippen LogP contribution in [0.1, 0.15) is 28.7 Å². The van der Waals surface area contributed by atoms with Crippen molar-refractivity contribution in [3.8, 4) is 17.1 Å². The highest BCUT2D eigenvalue weighted by atomic mass is 16.5. The minimum absolute atomic E-state index is 0.0440. The smallest absolute Gasteiger partial charge is 0.254 e. The third-order valence-electron chi connectivity index (χ3n) is 5.42. The summed E-state index contributed by atoms with van der Waals surface area (Å²) >= 11 is 0. The molecule has 0 saturated carbocycles. The third-order valence-corrected chi connectivity index (χ3v) is 5.42. The lowest BCUT2D eigenvalue weighted by Crippen LogP contribution is -2.40. The molecule has 0 aliphatic carbocycles. The molecule has 0 spiro atoms. The summed E-state index contributed by atoms with van der Waals surface area (Å²) in [6, 6.07) is 13.4. The van der Waals surface area contributed by atoms with E-state index in [9.17, 15) is 4.79 Å². The minimum atomic E-state index is 0.0440. The van der Waals surface area contributed by atoms with Gasteiger partial charge in [0.25, 0.3) is 5.91 Å². The van der Waals surface area contributed by atoms with Gasteiger partial charge in [0, 0.05) is 37.0 Å². The maximum atomic E-state index is 12.7. The normalized spacial score (nSPS) is 13.8. The van der Waals surface area contributed by atoms with Crippen LogP contribution in [-0.2, 0) is 11.3 Å². The van der Waals surface area contributed by atoms with Gasteiger partial charge in [-0.2, -0.15) is 4.98 Å². The molecule has 1 saturated heterocycles. The van der Waals surface area contributed by atoms with Gasteiger partial charge in [-0.25, -0.2) is 0 Å². The van der Waals surface area contributed by atoms with Crippen molar-refractivity contribution in [1.82, 2.24) is 15.0 Å². The molecule has 1 aliphatic rings. The van der Waals surface area contributed by atoms with Crippen LogP contribution in [0.5, 0.6) is 5.75 Å². The monoisotopic (exact) mass is 436 g/mol. The van der Waals surface area contributed by atoms with Crippen molar-refractivity contribution < 1.29 is 18.8 Å². The van der Waals surface area contributed by atoms with E-state index in [1.54, 1.807) is 0 Å². The molecule has 2 aromatic carbocycles. The number of amides is 1. The Morgan fingerprint density at radius 3 is 2.59 bits per heavy atom. The molecular weight excluding hydrogens is 408 g/mol. The first-order valence-corrected chi connectivity index (χ1v) is 10.8. The van der Waals surface area contributed by atoms with Crippen LogP contribution in [0.25, 0.3) is 11.4 Å². The number of anilines is 1. The summed E-state index contributed by atoms with van der Waals surface area (Å²) in [6.07, 6.45) is 0. The van der Waals surface area contributed by atoms with Crippen molar-refractivity contribution in [2.45, 2.75) is 20.4 Å². The molecule has 8 nitrogen and oxygen atoms in total. The van der Waals surface area contributed by atoms with Gasteiger partial charge in [0.05, 0.1) is 26.4 Å². The Bertz CT molecular complexity index is 1060. The molecule has 2 heterocycles. The van der Waals surface area contributed by atoms with Crippen molar-refractivity contribution >= 4 is 11.6 Å². The summed E-state index contributed by atoms with van der Waals surface area (Å²) in [5, 5.41) is 4.11. The number of ether oxygens (including phenoxy) is 2. The lowest BCUT2D eigenvalue weighted by Gasteiger charge is -2.27. The third kappa shape index (κ3) is 4.91. The number of carbonyl (C=O) groups is 1. The molecule has 1 fully saturated rings. The summed E-state index contributed by atoms with van der Waals surface area (Å²) in [5.41, 5.74) is 3.58. The lowest BCUT2D eigenvalue weighted by atomic mass is 10.1. The van der Waals surface area contributed by atoms with Crippen molar-refractivity contribution in [3.05, 3.63) is 59.5 Å². The van der Waals surface area contributed by atoms with Gasteiger partial charge in [0.2, 0.25) is 11.7 Å². The van der Waals surface area contributed by atoms with Crippen molar-refractivity contribution in [1.29, 1.82) is 0 Å². The zero-order valence-electron chi connectivity index (χ0n) is 18.7. The summed E-state index contributed by atoms with van der Waals surface area (Å²) in [4.78, 5) is 21.1. The number of benzene rings is 2. The molecule has 1 amide bonds. The number of hydrogen-bond donors (Lipinski definition) is 0. The van der Waals surface area contributed by atoms with E-state index in [4.69, 9.17) is 14.0 Å². The van der Waals surface area contributed by atoms with Crippen LogP contribution < -0.4 is 9.64 Å². The molecule has 0 N–H and O–H groups in total. The van der Waals surface area contributed by atoms with E-state index < -0.39 is 0 Å². The van der Waals surface area contributed by atoms with E-state index in [2.05, 4.69) is 10.1 Å². The summed E-state index contributed by atoms with van der Waals surface area (Å²) < 4.78 is 16.3. The molecule has 0 radical (unpaired) electrons. The van der Waals surface area contributed by atoms with Gasteiger partial charge in [0.15, 0.2) is 0 Å². The molecule has 1 aromatic heterocycles. The van der Waals surface area contributed by atoms with Gasteiger partial charge < -0.3 is 23.8 Å². The fourth-order valence-electron chi connectivity index (χ4n) is 3.76. The molecule has 1 aliphatic heterocycles. The molecule has 8 heteroatoms. The summed E-state index contributed by atoms with van der Waals surface area (Å²) in [7, 11) is 1.96. The average Bonchev–Trinajstić information content (AvgIpc) is 3.28. The first-order valence-electron chi connectivity index (χ1n) is 10.8.